The molecular formula is C35H30N10O6S3. The smallest absolute Gasteiger partial charge is 0.352 e. The molecule has 0 radical (unpaired) electrons. The number of amides is 3. The van der Waals surface area contributed by atoms with Crippen molar-refractivity contribution in [2.45, 2.75) is 22.1 Å². The average Bonchev–Trinajstić information content (AvgIpc) is 3.87. The predicted octanol–water partition coefficient (Wildman–Crippen LogP) is 3.11. The molecule has 1 fully saturated rings. The Morgan fingerprint density at radius 2 is 1.67 bits per heavy atom. The highest BCUT2D eigenvalue weighted by Crippen LogP contribution is 2.42. The van der Waals surface area contributed by atoms with Crippen molar-refractivity contribution in [2.75, 3.05) is 29.4 Å². The molecule has 4 N–H and O–H groups in total. The highest BCUT2D eigenvalue weighted by molar-refractivity contribution is 8.01. The van der Waals surface area contributed by atoms with E-state index in [1.807, 2.05) is 91.0 Å². The third-order valence-corrected chi connectivity index (χ3v) is 11.7. The molecule has 0 saturated carbocycles. The molecule has 2 aromatic heterocycles. The number of fused-ring (bicyclic) bond motifs is 1. The Labute approximate surface area is 320 Å². The minimum atomic E-state index is -1.29. The Morgan fingerprint density at radius 3 is 2.24 bits per heavy atom. The third kappa shape index (κ3) is 6.91. The van der Waals surface area contributed by atoms with Crippen molar-refractivity contribution in [2.24, 2.45) is 5.16 Å². The van der Waals surface area contributed by atoms with Crippen LogP contribution in [0, 0.1) is 0 Å². The summed E-state index contributed by atoms with van der Waals surface area (Å²) in [5.41, 5.74) is 4.66. The SMILES string of the molecule is CON=C(C(=O)N[C@@H]1C(=O)N2C(C(=O)O)=C(CSc3nnnn3NC=O)CS[C@@H]12)c1csc(NC(c2ccccc2)(c2ccccc2)c2ccccc2)n1. The number of thiazole rings is 1. The van der Waals surface area contributed by atoms with E-state index in [0.717, 1.165) is 33.2 Å². The number of benzene rings is 3. The molecule has 1 saturated heterocycles. The molecule has 3 amide bonds. The number of oxime groups is 1. The maximum Gasteiger partial charge on any atom is 0.352 e. The van der Waals surface area contributed by atoms with Crippen LogP contribution >= 0.6 is 34.9 Å². The number of β-lactam (4-membered cyclic amide) rings is 1. The Bertz CT molecular complexity index is 2140. The van der Waals surface area contributed by atoms with Crippen molar-refractivity contribution in [1.82, 2.24) is 35.5 Å². The van der Waals surface area contributed by atoms with Crippen LogP contribution in [-0.2, 0) is 29.6 Å². The molecule has 0 aliphatic carbocycles. The number of tetrazole rings is 1. The first-order valence-corrected chi connectivity index (χ1v) is 19.1. The lowest BCUT2D eigenvalue weighted by Crippen LogP contribution is -2.71. The maximum atomic E-state index is 13.8. The van der Waals surface area contributed by atoms with Gasteiger partial charge in [0.2, 0.25) is 11.6 Å². The molecule has 0 spiro atoms. The van der Waals surface area contributed by atoms with Crippen LogP contribution in [0.5, 0.6) is 0 Å². The summed E-state index contributed by atoms with van der Waals surface area (Å²) < 4.78 is 0. The van der Waals surface area contributed by atoms with E-state index in [1.165, 1.54) is 35.1 Å². The van der Waals surface area contributed by atoms with Crippen LogP contribution in [0.1, 0.15) is 22.4 Å². The lowest BCUT2D eigenvalue weighted by atomic mass is 9.77. The number of aromatic nitrogens is 5. The summed E-state index contributed by atoms with van der Waals surface area (Å²) >= 11 is 3.67. The standard InChI is InChI=1S/C35H30N10O6S3/c1-51-41-26(29(47)38-27-30(48)44-28(32(49)50)21(17-52-31(27)44)18-54-34-40-42-43-45(34)36-20-46)25-19-53-33(37-25)39-35(22-11-5-2-6-12-22,23-13-7-3-8-14-23)24-15-9-4-10-16-24/h2-16,19-20,27,31H,17-18H2,1H3,(H,36,46)(H,37,39)(H,38,47)(H,49,50)/t27-,31+/m1/s1. The summed E-state index contributed by atoms with van der Waals surface area (Å²) in [4.78, 5) is 62.5. The van der Waals surface area contributed by atoms with E-state index in [9.17, 15) is 24.3 Å². The van der Waals surface area contributed by atoms with Crippen LogP contribution in [0.2, 0.25) is 0 Å². The molecule has 5 aromatic rings. The van der Waals surface area contributed by atoms with Crippen molar-refractivity contribution in [3.05, 3.63) is 130 Å². The molecule has 0 bridgehead atoms. The summed E-state index contributed by atoms with van der Waals surface area (Å²) in [6, 6.07) is 28.9. The zero-order valence-electron chi connectivity index (χ0n) is 28.2. The first kappa shape index (κ1) is 36.3. The van der Waals surface area contributed by atoms with Gasteiger partial charge in [-0.1, -0.05) is 113 Å². The Hall–Kier alpha value is -6.05. The zero-order chi connectivity index (χ0) is 37.7. The fourth-order valence-corrected chi connectivity index (χ4v) is 9.31. The highest BCUT2D eigenvalue weighted by atomic mass is 32.2. The predicted molar refractivity (Wildman–Crippen MR) is 202 cm³/mol. The molecule has 19 heteroatoms. The second-order valence-electron chi connectivity index (χ2n) is 11.7. The number of carboxylic acid groups (broad SMARTS) is 1. The van der Waals surface area contributed by atoms with Gasteiger partial charge < -0.3 is 20.6 Å². The molecule has 16 nitrogen and oxygen atoms in total. The molecule has 274 valence electrons. The van der Waals surface area contributed by atoms with Crippen molar-refractivity contribution < 1.29 is 29.1 Å². The van der Waals surface area contributed by atoms with Crippen molar-refractivity contribution in [1.29, 1.82) is 0 Å². The number of carbonyl (C=O) groups excluding carboxylic acids is 3. The van der Waals surface area contributed by atoms with Gasteiger partial charge in [0.05, 0.1) is 0 Å². The quantitative estimate of drug-likeness (QED) is 0.0301. The summed E-state index contributed by atoms with van der Waals surface area (Å²) in [7, 11) is 1.30. The Morgan fingerprint density at radius 1 is 1.04 bits per heavy atom. The highest BCUT2D eigenvalue weighted by Gasteiger charge is 2.54. The first-order valence-electron chi connectivity index (χ1n) is 16.2. The van der Waals surface area contributed by atoms with Gasteiger partial charge in [-0.25, -0.2) is 15.2 Å². The summed E-state index contributed by atoms with van der Waals surface area (Å²) in [5.74, 6) is -2.22. The van der Waals surface area contributed by atoms with Gasteiger partial charge in [0.15, 0.2) is 10.8 Å². The number of carboxylic acids is 1. The number of rotatable bonds is 15. The third-order valence-electron chi connectivity index (χ3n) is 8.59. The van der Waals surface area contributed by atoms with E-state index >= 15 is 0 Å². The van der Waals surface area contributed by atoms with Crippen LogP contribution < -0.4 is 16.1 Å². The van der Waals surface area contributed by atoms with Crippen LogP contribution in [0.15, 0.2) is 118 Å². The molecule has 0 unspecified atom stereocenters. The fourth-order valence-electron chi connectivity index (χ4n) is 6.23. The van der Waals surface area contributed by atoms with Gasteiger partial charge in [0, 0.05) is 16.9 Å². The summed E-state index contributed by atoms with van der Waals surface area (Å²) in [6.45, 7) is 0. The number of anilines is 1. The summed E-state index contributed by atoms with van der Waals surface area (Å²) in [6.07, 6.45) is 0.401. The normalized spacial score (nSPS) is 16.9. The van der Waals surface area contributed by atoms with Gasteiger partial charge in [-0.15, -0.1) is 27.9 Å². The van der Waals surface area contributed by atoms with E-state index in [-0.39, 0.29) is 33.8 Å². The number of nitrogens with one attached hydrogen (secondary N) is 3. The van der Waals surface area contributed by atoms with Gasteiger partial charge >= 0.3 is 5.97 Å². The van der Waals surface area contributed by atoms with E-state index in [4.69, 9.17) is 9.82 Å². The molecular weight excluding hydrogens is 753 g/mol. The van der Waals surface area contributed by atoms with Crippen LogP contribution in [0.4, 0.5) is 5.13 Å². The lowest BCUT2D eigenvalue weighted by Gasteiger charge is -2.49. The number of carbonyl (C=O) groups is 4. The van der Waals surface area contributed by atoms with Gasteiger partial charge in [-0.05, 0) is 32.7 Å². The Balaban J connectivity index is 1.12. The number of thioether (sulfide) groups is 2. The van der Waals surface area contributed by atoms with Crippen LogP contribution in [0.3, 0.4) is 0 Å². The van der Waals surface area contributed by atoms with Crippen LogP contribution in [-0.4, -0.2) is 95.2 Å². The number of hydrogen-bond acceptors (Lipinski definition) is 14. The largest absolute Gasteiger partial charge is 0.477 e. The van der Waals surface area contributed by atoms with Gasteiger partial charge in [-0.3, -0.25) is 19.3 Å². The lowest BCUT2D eigenvalue weighted by molar-refractivity contribution is -0.150. The molecule has 54 heavy (non-hydrogen) atoms. The molecule has 4 heterocycles. The summed E-state index contributed by atoms with van der Waals surface area (Å²) in [5, 5.41) is 33.2. The second kappa shape index (κ2) is 15.9. The van der Waals surface area contributed by atoms with Crippen molar-refractivity contribution in [3.8, 4) is 0 Å². The minimum Gasteiger partial charge on any atom is -0.477 e. The zero-order valence-corrected chi connectivity index (χ0v) is 30.7. The molecule has 3 aromatic carbocycles. The van der Waals surface area contributed by atoms with Crippen molar-refractivity contribution >= 4 is 69.9 Å². The Kier molecular flexibility index (Phi) is 10.7. The van der Waals surface area contributed by atoms with Gasteiger partial charge in [0.25, 0.3) is 11.8 Å². The maximum absolute atomic E-state index is 13.8. The van der Waals surface area contributed by atoms with Gasteiger partial charge in [0.1, 0.15) is 35.5 Å². The van der Waals surface area contributed by atoms with E-state index in [0.29, 0.717) is 17.1 Å². The monoisotopic (exact) mass is 782 g/mol. The number of hydrogen-bond donors (Lipinski definition) is 4. The van der Waals surface area contributed by atoms with Gasteiger partial charge in [-0.2, -0.15) is 0 Å². The second-order valence-corrected chi connectivity index (χ2v) is 14.6. The van der Waals surface area contributed by atoms with Crippen molar-refractivity contribution in [3.63, 3.8) is 0 Å². The number of aliphatic carboxylic acids is 1. The number of nitrogens with zero attached hydrogens (tertiary/aromatic N) is 7. The fraction of sp³-hybridized carbons (Fsp3) is 0.171. The van der Waals surface area contributed by atoms with Crippen LogP contribution in [0.25, 0.3) is 0 Å². The molecule has 7 rings (SSSR count). The van der Waals surface area contributed by atoms with E-state index < -0.39 is 34.7 Å². The van der Waals surface area contributed by atoms with E-state index in [1.54, 1.807) is 5.38 Å². The minimum absolute atomic E-state index is 0.133. The topological polar surface area (TPSA) is 206 Å². The molecule has 2 aliphatic rings. The first-order chi connectivity index (χ1) is 26.3. The average molecular weight is 783 g/mol. The van der Waals surface area contributed by atoms with E-state index in [2.05, 4.69) is 36.7 Å². The molecule has 2 atom stereocenters. The molecule has 2 aliphatic heterocycles.